The third-order valence-electron chi connectivity index (χ3n) is 6.75. The van der Waals surface area contributed by atoms with Crippen molar-refractivity contribution in [3.8, 4) is 11.1 Å². The number of fused-ring (bicyclic) bond motifs is 3. The molecule has 0 radical (unpaired) electrons. The van der Waals surface area contributed by atoms with E-state index in [1.165, 1.54) is 4.90 Å². The monoisotopic (exact) mass is 544 g/mol. The van der Waals surface area contributed by atoms with Crippen LogP contribution in [0.15, 0.2) is 78.9 Å². The third-order valence-corrected chi connectivity index (χ3v) is 6.75. The molecule has 1 aliphatic rings. The van der Waals surface area contributed by atoms with Gasteiger partial charge in [-0.25, -0.2) is 4.79 Å². The molecule has 2 atom stereocenters. The molecule has 2 amide bonds. The van der Waals surface area contributed by atoms with Crippen LogP contribution < -0.4 is 5.32 Å². The van der Waals surface area contributed by atoms with E-state index >= 15 is 0 Å². The van der Waals surface area contributed by atoms with E-state index in [4.69, 9.17) is 9.47 Å². The van der Waals surface area contributed by atoms with Gasteiger partial charge in [-0.2, -0.15) is 0 Å². The van der Waals surface area contributed by atoms with Crippen LogP contribution in [0.5, 0.6) is 0 Å². The van der Waals surface area contributed by atoms with Gasteiger partial charge in [0.1, 0.15) is 19.2 Å². The van der Waals surface area contributed by atoms with Gasteiger partial charge >= 0.3 is 12.1 Å². The van der Waals surface area contributed by atoms with E-state index in [0.717, 1.165) is 27.8 Å². The molecule has 0 aliphatic heterocycles. The molecule has 0 saturated carbocycles. The van der Waals surface area contributed by atoms with Gasteiger partial charge in [-0.05, 0) is 55.5 Å². The van der Waals surface area contributed by atoms with E-state index in [1.54, 1.807) is 6.92 Å². The maximum Gasteiger partial charge on any atom is 0.407 e. The van der Waals surface area contributed by atoms with Crippen LogP contribution in [0.2, 0.25) is 0 Å². The number of ether oxygens (including phenoxy) is 2. The average molecular weight is 545 g/mol. The topological polar surface area (TPSA) is 105 Å². The molecule has 0 bridgehead atoms. The van der Waals surface area contributed by atoms with E-state index in [2.05, 4.69) is 17.4 Å². The van der Waals surface area contributed by atoms with Crippen LogP contribution in [-0.4, -0.2) is 58.9 Å². The molecular weight excluding hydrogens is 508 g/mol. The second-order valence-electron chi connectivity index (χ2n) is 11.0. The molecule has 3 aromatic rings. The molecule has 1 aliphatic carbocycles. The van der Waals surface area contributed by atoms with Crippen LogP contribution in [0.25, 0.3) is 11.1 Å². The Morgan fingerprint density at radius 3 is 2.00 bits per heavy atom. The molecule has 2 N–H and O–H groups in total. The van der Waals surface area contributed by atoms with Crippen molar-refractivity contribution in [2.24, 2.45) is 0 Å². The van der Waals surface area contributed by atoms with Crippen LogP contribution in [0.3, 0.4) is 0 Å². The molecule has 3 aromatic carbocycles. The zero-order chi connectivity index (χ0) is 28.9. The zero-order valence-electron chi connectivity index (χ0n) is 23.3. The summed E-state index contributed by atoms with van der Waals surface area (Å²) in [6, 6.07) is 24.0. The standard InChI is InChI=1S/C32H36N2O6/c1-21(40-32(2,3)4)29(30(37)34(19-28(35)36)18-22-12-6-5-7-13-22)33-31(38)39-20-27-25-16-10-8-14-23(25)24-15-9-11-17-26(24)27/h5-17,21,27,29H,18-20H2,1-4H3,(H,33,38)(H,35,36)/t21-,29+/m1/s1. The predicted octanol–water partition coefficient (Wildman–Crippen LogP) is 5.21. The molecule has 40 heavy (non-hydrogen) atoms. The van der Waals surface area contributed by atoms with Gasteiger partial charge in [-0.3, -0.25) is 9.59 Å². The van der Waals surface area contributed by atoms with Gasteiger partial charge in [0, 0.05) is 12.5 Å². The van der Waals surface area contributed by atoms with Crippen molar-refractivity contribution in [2.75, 3.05) is 13.2 Å². The highest BCUT2D eigenvalue weighted by atomic mass is 16.6. The number of carboxylic acid groups (broad SMARTS) is 1. The van der Waals surface area contributed by atoms with Crippen molar-refractivity contribution in [1.82, 2.24) is 10.2 Å². The Balaban J connectivity index is 1.52. The second kappa shape index (κ2) is 12.3. The summed E-state index contributed by atoms with van der Waals surface area (Å²) >= 11 is 0. The molecule has 0 spiro atoms. The molecule has 0 unspecified atom stereocenters. The summed E-state index contributed by atoms with van der Waals surface area (Å²) in [7, 11) is 0. The summed E-state index contributed by atoms with van der Waals surface area (Å²) in [5.74, 6) is -1.87. The molecule has 4 rings (SSSR count). The normalized spacial score (nSPS) is 14.0. The molecule has 210 valence electrons. The van der Waals surface area contributed by atoms with E-state index < -0.39 is 42.3 Å². The smallest absolute Gasteiger partial charge is 0.407 e. The molecule has 0 saturated heterocycles. The summed E-state index contributed by atoms with van der Waals surface area (Å²) in [6.45, 7) is 6.83. The summed E-state index contributed by atoms with van der Waals surface area (Å²) in [4.78, 5) is 39.7. The number of hydrogen-bond donors (Lipinski definition) is 2. The highest BCUT2D eigenvalue weighted by Crippen LogP contribution is 2.44. The number of alkyl carbamates (subject to hydrolysis) is 1. The Kier molecular flexibility index (Phi) is 8.90. The Hall–Kier alpha value is -4.17. The van der Waals surface area contributed by atoms with Crippen molar-refractivity contribution in [1.29, 1.82) is 0 Å². The predicted molar refractivity (Wildman–Crippen MR) is 152 cm³/mol. The fourth-order valence-corrected chi connectivity index (χ4v) is 5.15. The fourth-order valence-electron chi connectivity index (χ4n) is 5.15. The lowest BCUT2D eigenvalue weighted by Gasteiger charge is -2.33. The summed E-state index contributed by atoms with van der Waals surface area (Å²) in [6.07, 6.45) is -1.54. The highest BCUT2D eigenvalue weighted by molar-refractivity contribution is 5.88. The highest BCUT2D eigenvalue weighted by Gasteiger charge is 2.36. The molecule has 0 aromatic heterocycles. The van der Waals surface area contributed by atoms with Crippen molar-refractivity contribution in [2.45, 2.75) is 57.9 Å². The molecule has 8 nitrogen and oxygen atoms in total. The maximum absolute atomic E-state index is 13.7. The van der Waals surface area contributed by atoms with Crippen molar-refractivity contribution in [3.63, 3.8) is 0 Å². The first kappa shape index (κ1) is 28.8. The maximum atomic E-state index is 13.7. The van der Waals surface area contributed by atoms with E-state index in [-0.39, 0.29) is 19.1 Å². The van der Waals surface area contributed by atoms with Crippen LogP contribution in [0.1, 0.15) is 50.3 Å². The van der Waals surface area contributed by atoms with Crippen molar-refractivity contribution < 1.29 is 29.0 Å². The quantitative estimate of drug-likeness (QED) is 0.363. The van der Waals surface area contributed by atoms with Crippen LogP contribution in [0.4, 0.5) is 4.79 Å². The van der Waals surface area contributed by atoms with E-state index in [1.807, 2.05) is 87.5 Å². The van der Waals surface area contributed by atoms with Gasteiger partial charge in [-0.15, -0.1) is 0 Å². The third kappa shape index (κ3) is 7.07. The number of benzene rings is 3. The first-order chi connectivity index (χ1) is 19.0. The summed E-state index contributed by atoms with van der Waals surface area (Å²) < 4.78 is 11.7. The number of carboxylic acids is 1. The van der Waals surface area contributed by atoms with Gasteiger partial charge in [0.05, 0.1) is 11.7 Å². The molecule has 0 heterocycles. The Labute approximate surface area is 234 Å². The lowest BCUT2D eigenvalue weighted by molar-refractivity contribution is -0.149. The number of carbonyl (C=O) groups is 3. The number of aliphatic carboxylic acids is 1. The number of rotatable bonds is 10. The Morgan fingerprint density at radius 1 is 0.900 bits per heavy atom. The van der Waals surface area contributed by atoms with Gasteiger partial charge in [0.15, 0.2) is 0 Å². The SMILES string of the molecule is C[C@@H](OC(C)(C)C)[C@H](NC(=O)OCC1c2ccccc2-c2ccccc21)C(=O)N(CC(=O)O)Cc1ccccc1. The van der Waals surface area contributed by atoms with Gasteiger partial charge in [-0.1, -0.05) is 78.9 Å². The second-order valence-corrected chi connectivity index (χ2v) is 11.0. The lowest BCUT2D eigenvalue weighted by atomic mass is 9.98. The zero-order valence-corrected chi connectivity index (χ0v) is 23.3. The number of hydrogen-bond acceptors (Lipinski definition) is 5. The van der Waals surface area contributed by atoms with Crippen molar-refractivity contribution in [3.05, 3.63) is 95.6 Å². The average Bonchev–Trinajstić information content (AvgIpc) is 3.23. The van der Waals surface area contributed by atoms with Crippen LogP contribution >= 0.6 is 0 Å². The van der Waals surface area contributed by atoms with Gasteiger partial charge < -0.3 is 24.8 Å². The molecule has 0 fully saturated rings. The fraction of sp³-hybridized carbons (Fsp3) is 0.344. The number of nitrogens with one attached hydrogen (secondary N) is 1. The molecule has 8 heteroatoms. The number of amides is 2. The minimum absolute atomic E-state index is 0.0665. The summed E-state index contributed by atoms with van der Waals surface area (Å²) in [5.41, 5.74) is 4.52. The minimum Gasteiger partial charge on any atom is -0.480 e. The van der Waals surface area contributed by atoms with E-state index in [0.29, 0.717) is 0 Å². The summed E-state index contributed by atoms with van der Waals surface area (Å²) in [5, 5.41) is 12.2. The molecular formula is C32H36N2O6. The largest absolute Gasteiger partial charge is 0.480 e. The number of carbonyl (C=O) groups excluding carboxylic acids is 2. The Morgan fingerprint density at radius 2 is 1.45 bits per heavy atom. The first-order valence-electron chi connectivity index (χ1n) is 13.4. The van der Waals surface area contributed by atoms with Crippen molar-refractivity contribution >= 4 is 18.0 Å². The Bertz CT molecular complexity index is 1310. The van der Waals surface area contributed by atoms with Crippen LogP contribution in [0, 0.1) is 0 Å². The number of nitrogens with zero attached hydrogens (tertiary/aromatic N) is 1. The van der Waals surface area contributed by atoms with E-state index in [9.17, 15) is 19.5 Å². The van der Waals surface area contributed by atoms with Crippen LogP contribution in [-0.2, 0) is 25.6 Å². The lowest BCUT2D eigenvalue weighted by Crippen LogP contribution is -2.56. The van der Waals surface area contributed by atoms with Gasteiger partial charge in [0.25, 0.3) is 0 Å². The minimum atomic E-state index is -1.17. The van der Waals surface area contributed by atoms with Gasteiger partial charge in [0.2, 0.25) is 5.91 Å². The first-order valence-corrected chi connectivity index (χ1v) is 13.4.